The van der Waals surface area contributed by atoms with Crippen molar-refractivity contribution >= 4 is 11.6 Å². The van der Waals surface area contributed by atoms with E-state index >= 15 is 0 Å². The monoisotopic (exact) mass is 318 g/mol. The molecule has 0 aliphatic heterocycles. The summed E-state index contributed by atoms with van der Waals surface area (Å²) in [5.41, 5.74) is 0.428. The first-order valence-electron chi connectivity index (χ1n) is 7.51. The van der Waals surface area contributed by atoms with Crippen LogP contribution in [0.2, 0.25) is 0 Å². The highest BCUT2D eigenvalue weighted by atomic mass is 16.2. The summed E-state index contributed by atoms with van der Waals surface area (Å²) < 4.78 is 2.96. The lowest BCUT2D eigenvalue weighted by Gasteiger charge is -2.21. The third-order valence-electron chi connectivity index (χ3n) is 3.55. The average molecular weight is 318 g/mol. The summed E-state index contributed by atoms with van der Waals surface area (Å²) in [6.07, 6.45) is 5.13. The van der Waals surface area contributed by atoms with Crippen LogP contribution in [0.4, 0.5) is 5.69 Å². The molecule has 2 aromatic rings. The van der Waals surface area contributed by atoms with Gasteiger partial charge in [-0.25, -0.2) is 4.68 Å². The molecule has 0 bridgehead atoms. The molecule has 2 aromatic heterocycles. The minimum Gasteiger partial charge on any atom is -0.376 e. The lowest BCUT2D eigenvalue weighted by molar-refractivity contribution is -0.132. The quantitative estimate of drug-likeness (QED) is 0.721. The van der Waals surface area contributed by atoms with Gasteiger partial charge >= 0.3 is 0 Å². The molecule has 0 aliphatic carbocycles. The van der Waals surface area contributed by atoms with Gasteiger partial charge in [0.1, 0.15) is 6.54 Å². The SMILES string of the molecule is CCN(CCn1cccn1)C(=O)Cn1ncc(N(C)C)cc1=O. The summed E-state index contributed by atoms with van der Waals surface area (Å²) in [6, 6.07) is 3.31. The third kappa shape index (κ3) is 4.41. The van der Waals surface area contributed by atoms with Crippen LogP contribution in [0, 0.1) is 0 Å². The van der Waals surface area contributed by atoms with Crippen molar-refractivity contribution < 1.29 is 4.79 Å². The van der Waals surface area contributed by atoms with E-state index in [1.807, 2.05) is 33.3 Å². The van der Waals surface area contributed by atoms with Crippen molar-refractivity contribution in [1.82, 2.24) is 24.5 Å². The van der Waals surface area contributed by atoms with Crippen LogP contribution in [0.1, 0.15) is 6.92 Å². The minimum atomic E-state index is -0.285. The number of carbonyl (C=O) groups is 1. The zero-order chi connectivity index (χ0) is 16.8. The Morgan fingerprint density at radius 2 is 2.09 bits per heavy atom. The van der Waals surface area contributed by atoms with Gasteiger partial charge in [-0.1, -0.05) is 0 Å². The van der Waals surface area contributed by atoms with E-state index in [9.17, 15) is 9.59 Å². The van der Waals surface area contributed by atoms with Crippen molar-refractivity contribution in [1.29, 1.82) is 0 Å². The highest BCUT2D eigenvalue weighted by molar-refractivity contribution is 5.75. The standard InChI is InChI=1S/C15H22N6O2/c1-4-19(8-9-20-7-5-6-16-20)15(23)12-21-14(22)10-13(11-17-21)18(2)3/h5-7,10-11H,4,8-9,12H2,1-3H3. The molecule has 0 unspecified atom stereocenters. The van der Waals surface area contributed by atoms with Crippen LogP contribution in [-0.4, -0.2) is 57.6 Å². The number of carbonyl (C=O) groups excluding carboxylic acids is 1. The molecule has 124 valence electrons. The van der Waals surface area contributed by atoms with Crippen LogP contribution in [-0.2, 0) is 17.9 Å². The zero-order valence-electron chi connectivity index (χ0n) is 13.7. The Morgan fingerprint density at radius 1 is 1.30 bits per heavy atom. The Bertz CT molecular complexity index is 692. The molecule has 0 saturated heterocycles. The van der Waals surface area contributed by atoms with E-state index in [0.29, 0.717) is 25.3 Å². The van der Waals surface area contributed by atoms with Gasteiger partial charge in [-0.2, -0.15) is 10.2 Å². The van der Waals surface area contributed by atoms with Gasteiger partial charge in [0.2, 0.25) is 5.91 Å². The summed E-state index contributed by atoms with van der Waals surface area (Å²) in [7, 11) is 3.67. The first-order valence-corrected chi connectivity index (χ1v) is 7.51. The number of hydrogen-bond donors (Lipinski definition) is 0. The average Bonchev–Trinajstić information content (AvgIpc) is 3.03. The maximum absolute atomic E-state index is 12.4. The van der Waals surface area contributed by atoms with E-state index in [0.717, 1.165) is 0 Å². The van der Waals surface area contributed by atoms with Crippen LogP contribution in [0.5, 0.6) is 0 Å². The molecule has 1 amide bonds. The molecule has 2 rings (SSSR count). The molecule has 0 radical (unpaired) electrons. The molecule has 23 heavy (non-hydrogen) atoms. The first kappa shape index (κ1) is 16.7. The topological polar surface area (TPSA) is 76.3 Å². The molecule has 0 fully saturated rings. The Labute approximate surface area is 134 Å². The van der Waals surface area contributed by atoms with E-state index in [4.69, 9.17) is 0 Å². The van der Waals surface area contributed by atoms with Gasteiger partial charge < -0.3 is 9.80 Å². The number of amides is 1. The molecule has 0 atom stereocenters. The Morgan fingerprint density at radius 3 is 2.65 bits per heavy atom. The molecule has 0 aliphatic rings. The van der Waals surface area contributed by atoms with E-state index < -0.39 is 0 Å². The van der Waals surface area contributed by atoms with Gasteiger partial charge in [0.25, 0.3) is 5.56 Å². The van der Waals surface area contributed by atoms with Gasteiger partial charge in [0.15, 0.2) is 0 Å². The number of likely N-dealkylation sites (N-methyl/N-ethyl adjacent to an activating group) is 1. The molecule has 2 heterocycles. The predicted molar refractivity (Wildman–Crippen MR) is 87.3 cm³/mol. The highest BCUT2D eigenvalue weighted by Gasteiger charge is 2.14. The fraction of sp³-hybridized carbons (Fsp3) is 0.467. The Balaban J connectivity index is 2.00. The van der Waals surface area contributed by atoms with E-state index in [2.05, 4.69) is 10.2 Å². The van der Waals surface area contributed by atoms with Crippen LogP contribution < -0.4 is 10.5 Å². The third-order valence-corrected chi connectivity index (χ3v) is 3.55. The zero-order valence-corrected chi connectivity index (χ0v) is 13.7. The van der Waals surface area contributed by atoms with Crippen LogP contribution in [0.25, 0.3) is 0 Å². The second kappa shape index (κ2) is 7.57. The number of anilines is 1. The van der Waals surface area contributed by atoms with Gasteiger partial charge in [0.05, 0.1) is 18.4 Å². The maximum atomic E-state index is 12.4. The van der Waals surface area contributed by atoms with Gasteiger partial charge in [-0.15, -0.1) is 0 Å². The fourth-order valence-electron chi connectivity index (χ4n) is 2.13. The summed E-state index contributed by atoms with van der Waals surface area (Å²) in [5, 5.41) is 8.18. The first-order chi connectivity index (χ1) is 11.0. The molecule has 8 nitrogen and oxygen atoms in total. The Kier molecular flexibility index (Phi) is 5.51. The van der Waals surface area contributed by atoms with E-state index in [1.165, 1.54) is 10.7 Å². The van der Waals surface area contributed by atoms with E-state index in [1.54, 1.807) is 26.9 Å². The summed E-state index contributed by atoms with van der Waals surface area (Å²) >= 11 is 0. The van der Waals surface area contributed by atoms with Crippen molar-refractivity contribution in [2.75, 3.05) is 32.1 Å². The normalized spacial score (nSPS) is 10.6. The van der Waals surface area contributed by atoms with Gasteiger partial charge in [-0.3, -0.25) is 14.3 Å². The number of hydrogen-bond acceptors (Lipinski definition) is 5. The van der Waals surface area contributed by atoms with Crippen molar-refractivity contribution in [2.45, 2.75) is 20.0 Å². The number of nitrogens with zero attached hydrogens (tertiary/aromatic N) is 6. The second-order valence-corrected chi connectivity index (χ2v) is 5.35. The molecule has 0 aromatic carbocycles. The molecule has 0 saturated carbocycles. The summed E-state index contributed by atoms with van der Waals surface area (Å²) in [5.74, 6) is -0.133. The summed E-state index contributed by atoms with van der Waals surface area (Å²) in [6.45, 7) is 3.59. The molecule has 8 heteroatoms. The van der Waals surface area contributed by atoms with Crippen LogP contribution in [0.15, 0.2) is 35.5 Å². The lowest BCUT2D eigenvalue weighted by Crippen LogP contribution is -2.39. The van der Waals surface area contributed by atoms with Gasteiger partial charge in [-0.05, 0) is 13.0 Å². The smallest absolute Gasteiger partial charge is 0.269 e. The molecular weight excluding hydrogens is 296 g/mol. The highest BCUT2D eigenvalue weighted by Crippen LogP contribution is 2.03. The minimum absolute atomic E-state index is 0.0561. The van der Waals surface area contributed by atoms with Crippen LogP contribution in [0.3, 0.4) is 0 Å². The molecule has 0 spiro atoms. The van der Waals surface area contributed by atoms with E-state index in [-0.39, 0.29) is 18.0 Å². The lowest BCUT2D eigenvalue weighted by atomic mass is 10.4. The predicted octanol–water partition coefficient (Wildman–Crippen LogP) is 0.0545. The largest absolute Gasteiger partial charge is 0.376 e. The second-order valence-electron chi connectivity index (χ2n) is 5.35. The van der Waals surface area contributed by atoms with Crippen molar-refractivity contribution in [3.8, 4) is 0 Å². The molecule has 0 N–H and O–H groups in total. The Hall–Kier alpha value is -2.64. The number of aromatic nitrogens is 4. The van der Waals surface area contributed by atoms with Crippen molar-refractivity contribution in [3.63, 3.8) is 0 Å². The summed E-state index contributed by atoms with van der Waals surface area (Å²) in [4.78, 5) is 27.9. The van der Waals surface area contributed by atoms with Crippen molar-refractivity contribution in [2.24, 2.45) is 0 Å². The van der Waals surface area contributed by atoms with Gasteiger partial charge in [0, 0.05) is 45.6 Å². The maximum Gasteiger partial charge on any atom is 0.269 e. The molecular formula is C15H22N6O2. The van der Waals surface area contributed by atoms with Crippen molar-refractivity contribution in [3.05, 3.63) is 41.1 Å². The number of rotatable bonds is 7. The van der Waals surface area contributed by atoms with Crippen LogP contribution >= 0.6 is 0 Å². The fourth-order valence-corrected chi connectivity index (χ4v) is 2.13.